The Morgan fingerprint density at radius 2 is 2.03 bits per heavy atom. The second kappa shape index (κ2) is 11.0. The van der Waals surface area contributed by atoms with Crippen LogP contribution in [0.3, 0.4) is 0 Å². The summed E-state index contributed by atoms with van der Waals surface area (Å²) >= 11 is 0. The van der Waals surface area contributed by atoms with Crippen LogP contribution in [0.5, 0.6) is 0 Å². The van der Waals surface area contributed by atoms with Gasteiger partial charge in [0.2, 0.25) is 11.8 Å². The number of rotatable bonds is 14. The number of ether oxygens (including phenoxy) is 2. The molecule has 3 saturated heterocycles. The Morgan fingerprint density at radius 1 is 1.26 bits per heavy atom. The van der Waals surface area contributed by atoms with E-state index in [1.165, 1.54) is 0 Å². The Labute approximate surface area is 202 Å². The van der Waals surface area contributed by atoms with Gasteiger partial charge in [0, 0.05) is 26.2 Å². The average Bonchev–Trinajstić information content (AvgIpc) is 3.37. The lowest BCUT2D eigenvalue weighted by Gasteiger charge is -2.36. The fourth-order valence-corrected chi connectivity index (χ4v) is 6.00. The predicted molar refractivity (Wildman–Crippen MR) is 128 cm³/mol. The molecule has 0 radical (unpaired) electrons. The lowest BCUT2D eigenvalue weighted by molar-refractivity contribution is -0.160. The van der Waals surface area contributed by atoms with Gasteiger partial charge >= 0.3 is 5.97 Å². The van der Waals surface area contributed by atoms with Gasteiger partial charge in [-0.25, -0.2) is 0 Å². The number of aliphatic hydroxyl groups is 1. The van der Waals surface area contributed by atoms with Crippen molar-refractivity contribution in [3.05, 3.63) is 25.3 Å². The lowest BCUT2D eigenvalue weighted by Crippen LogP contribution is -2.56. The second-order valence-electron chi connectivity index (χ2n) is 9.86. The molecule has 0 aromatic heterocycles. The highest BCUT2D eigenvalue weighted by molar-refractivity contribution is 5.98. The molecule has 0 aromatic carbocycles. The van der Waals surface area contributed by atoms with Crippen LogP contribution in [-0.2, 0) is 23.9 Å². The van der Waals surface area contributed by atoms with Gasteiger partial charge in [0.15, 0.2) is 0 Å². The zero-order valence-corrected chi connectivity index (χ0v) is 20.7. The normalized spacial score (nSPS) is 31.4. The van der Waals surface area contributed by atoms with Gasteiger partial charge in [-0.3, -0.25) is 14.4 Å². The van der Waals surface area contributed by atoms with Crippen LogP contribution in [0.1, 0.15) is 58.8 Å². The number of esters is 1. The summed E-state index contributed by atoms with van der Waals surface area (Å²) in [4.78, 5) is 44.3. The van der Waals surface area contributed by atoms with Gasteiger partial charge in [-0.2, -0.15) is 0 Å². The van der Waals surface area contributed by atoms with Crippen molar-refractivity contribution >= 4 is 17.8 Å². The van der Waals surface area contributed by atoms with Crippen molar-refractivity contribution in [3.63, 3.8) is 0 Å². The number of aliphatic hydroxyl groups excluding tert-OH is 1. The van der Waals surface area contributed by atoms with Gasteiger partial charge in [0.05, 0.1) is 18.1 Å². The summed E-state index contributed by atoms with van der Waals surface area (Å²) in [6.45, 7) is 12.9. The first-order chi connectivity index (χ1) is 16.3. The van der Waals surface area contributed by atoms with E-state index in [0.717, 1.165) is 12.8 Å². The first-order valence-electron chi connectivity index (χ1n) is 12.6. The number of nitrogens with zero attached hydrogens (tertiary/aromatic N) is 2. The number of amides is 2. The molecule has 8 heteroatoms. The Balaban J connectivity index is 1.97. The first-order valence-corrected chi connectivity index (χ1v) is 12.6. The van der Waals surface area contributed by atoms with Crippen LogP contribution in [0.15, 0.2) is 25.3 Å². The number of unbranched alkanes of at least 4 members (excludes halogenated alkanes) is 2. The molecule has 3 rings (SSSR count). The molecule has 8 nitrogen and oxygen atoms in total. The molecule has 190 valence electrons. The molecule has 2 unspecified atom stereocenters. The summed E-state index contributed by atoms with van der Waals surface area (Å²) < 4.78 is 12.1. The Bertz CT molecular complexity index is 800. The van der Waals surface area contributed by atoms with Gasteiger partial charge in [-0.1, -0.05) is 25.5 Å². The SMILES string of the molecule is C=CCCOC(=O)[C@H]1[C@H]2C(=O)N(CCCCO)C(C(=O)N(CC=C)CCCC)C23CC[C@]1(C)O3. The van der Waals surface area contributed by atoms with E-state index in [-0.39, 0.29) is 25.0 Å². The highest BCUT2D eigenvalue weighted by Gasteiger charge is 2.78. The van der Waals surface area contributed by atoms with E-state index < -0.39 is 35.0 Å². The van der Waals surface area contributed by atoms with Crippen molar-refractivity contribution in [1.29, 1.82) is 0 Å². The molecule has 0 aromatic rings. The molecule has 34 heavy (non-hydrogen) atoms. The molecule has 1 N–H and O–H groups in total. The van der Waals surface area contributed by atoms with E-state index in [4.69, 9.17) is 9.47 Å². The lowest BCUT2D eigenvalue weighted by atomic mass is 9.66. The molecule has 3 aliphatic rings. The predicted octanol–water partition coefficient (Wildman–Crippen LogP) is 2.46. The van der Waals surface area contributed by atoms with Crippen LogP contribution in [0.25, 0.3) is 0 Å². The molecule has 2 amide bonds. The zero-order valence-electron chi connectivity index (χ0n) is 20.7. The first kappa shape index (κ1) is 26.4. The molecular weight excluding hydrogens is 436 g/mol. The van der Waals surface area contributed by atoms with Gasteiger partial charge in [-0.15, -0.1) is 13.2 Å². The summed E-state index contributed by atoms with van der Waals surface area (Å²) in [5.41, 5.74) is -1.89. The minimum absolute atomic E-state index is 0.0150. The van der Waals surface area contributed by atoms with Crippen LogP contribution >= 0.6 is 0 Å². The van der Waals surface area contributed by atoms with Gasteiger partial charge in [0.1, 0.15) is 17.6 Å². The summed E-state index contributed by atoms with van der Waals surface area (Å²) in [5, 5.41) is 9.27. The maximum atomic E-state index is 14.0. The topological polar surface area (TPSA) is 96.4 Å². The largest absolute Gasteiger partial charge is 0.465 e. The van der Waals surface area contributed by atoms with Crippen LogP contribution in [-0.4, -0.2) is 82.8 Å². The monoisotopic (exact) mass is 476 g/mol. The van der Waals surface area contributed by atoms with Crippen LogP contribution in [0, 0.1) is 11.8 Å². The van der Waals surface area contributed by atoms with Crippen molar-refractivity contribution < 1.29 is 29.0 Å². The maximum absolute atomic E-state index is 14.0. The van der Waals surface area contributed by atoms with E-state index in [1.807, 2.05) is 6.92 Å². The minimum Gasteiger partial charge on any atom is -0.465 e. The standard InChI is InChI=1S/C26H40N2O6/c1-5-8-15-27(14-7-3)23(31)21-26-13-12-25(4,34-26)20(24(32)33-18-9-6-2)19(26)22(30)28(21)16-10-11-17-29/h6-7,19-21,29H,2-3,5,8-18H2,1,4H3/t19-,20+,21?,25-,26?/m0/s1. The number of likely N-dealkylation sites (tertiary alicyclic amines) is 1. The summed E-state index contributed by atoms with van der Waals surface area (Å²) in [6.07, 6.45) is 7.91. The van der Waals surface area contributed by atoms with E-state index in [9.17, 15) is 19.5 Å². The third kappa shape index (κ3) is 4.54. The number of carbonyl (C=O) groups excluding carboxylic acids is 3. The number of hydrogen-bond acceptors (Lipinski definition) is 6. The second-order valence-corrected chi connectivity index (χ2v) is 9.86. The molecule has 0 saturated carbocycles. The van der Waals surface area contributed by atoms with Crippen molar-refractivity contribution in [1.82, 2.24) is 9.80 Å². The van der Waals surface area contributed by atoms with Crippen molar-refractivity contribution in [2.24, 2.45) is 11.8 Å². The number of hydrogen-bond donors (Lipinski definition) is 1. The Morgan fingerprint density at radius 3 is 2.68 bits per heavy atom. The average molecular weight is 477 g/mol. The van der Waals surface area contributed by atoms with E-state index in [2.05, 4.69) is 20.1 Å². The molecule has 2 bridgehead atoms. The fraction of sp³-hybridized carbons (Fsp3) is 0.731. The fourth-order valence-electron chi connectivity index (χ4n) is 6.00. The van der Waals surface area contributed by atoms with Crippen molar-refractivity contribution in [2.75, 3.05) is 32.8 Å². The maximum Gasteiger partial charge on any atom is 0.312 e. The Kier molecular flexibility index (Phi) is 8.57. The smallest absolute Gasteiger partial charge is 0.312 e. The molecular formula is C26H40N2O6. The van der Waals surface area contributed by atoms with Gasteiger partial charge < -0.3 is 24.4 Å². The highest BCUT2D eigenvalue weighted by Crippen LogP contribution is 2.63. The third-order valence-electron chi connectivity index (χ3n) is 7.58. The third-order valence-corrected chi connectivity index (χ3v) is 7.58. The Hall–Kier alpha value is -2.19. The van der Waals surface area contributed by atoms with E-state index in [1.54, 1.807) is 22.0 Å². The molecule has 3 aliphatic heterocycles. The highest BCUT2D eigenvalue weighted by atomic mass is 16.6. The van der Waals surface area contributed by atoms with Gasteiger partial charge in [-0.05, 0) is 45.4 Å². The summed E-state index contributed by atoms with van der Waals surface area (Å²) in [6, 6.07) is -0.798. The molecule has 0 aliphatic carbocycles. The van der Waals surface area contributed by atoms with Crippen LogP contribution < -0.4 is 0 Å². The summed E-state index contributed by atoms with van der Waals surface area (Å²) in [5.74, 6) is -2.32. The molecule has 1 spiro atoms. The molecule has 3 fully saturated rings. The van der Waals surface area contributed by atoms with Crippen molar-refractivity contribution in [3.8, 4) is 0 Å². The molecule has 3 heterocycles. The summed E-state index contributed by atoms with van der Waals surface area (Å²) in [7, 11) is 0. The number of fused-ring (bicyclic) bond motifs is 1. The number of carbonyl (C=O) groups is 3. The van der Waals surface area contributed by atoms with E-state index >= 15 is 0 Å². The van der Waals surface area contributed by atoms with Gasteiger partial charge in [0.25, 0.3) is 0 Å². The van der Waals surface area contributed by atoms with Crippen LogP contribution in [0.4, 0.5) is 0 Å². The molecule has 5 atom stereocenters. The minimum atomic E-state index is -1.05. The van der Waals surface area contributed by atoms with E-state index in [0.29, 0.717) is 51.7 Å². The van der Waals surface area contributed by atoms with Crippen LogP contribution in [0.2, 0.25) is 0 Å². The quantitative estimate of drug-likeness (QED) is 0.235. The zero-order chi connectivity index (χ0) is 24.9. The van der Waals surface area contributed by atoms with Crippen molar-refractivity contribution in [2.45, 2.75) is 76.0 Å².